The highest BCUT2D eigenvalue weighted by atomic mass is 16.4. The zero-order valence-electron chi connectivity index (χ0n) is 12.4. The number of aliphatic carboxylic acids is 1. The summed E-state index contributed by atoms with van der Waals surface area (Å²) in [7, 11) is 0. The molecular weight excluding hydrogens is 264 g/mol. The molecule has 0 amide bonds. The van der Waals surface area contributed by atoms with Crippen molar-refractivity contribution in [2.24, 2.45) is 0 Å². The molecule has 1 atom stereocenters. The van der Waals surface area contributed by atoms with Crippen LogP contribution in [0.1, 0.15) is 37.7 Å². The molecule has 1 unspecified atom stereocenters. The van der Waals surface area contributed by atoms with Crippen molar-refractivity contribution >= 4 is 5.97 Å². The van der Waals surface area contributed by atoms with Gasteiger partial charge in [-0.3, -0.25) is 5.32 Å². The minimum Gasteiger partial charge on any atom is -0.480 e. The van der Waals surface area contributed by atoms with Gasteiger partial charge < -0.3 is 10.0 Å². The third-order valence-corrected chi connectivity index (χ3v) is 4.66. The summed E-state index contributed by atoms with van der Waals surface area (Å²) in [5, 5.41) is 13.4. The van der Waals surface area contributed by atoms with Gasteiger partial charge in [-0.15, -0.1) is 0 Å². The molecule has 1 saturated carbocycles. The van der Waals surface area contributed by atoms with Gasteiger partial charge in [0.15, 0.2) is 0 Å². The SMILES string of the molecule is O=C(O)C(CCN1CCCC1)(NC1CC1)c1ccccc1. The zero-order valence-corrected chi connectivity index (χ0v) is 12.4. The number of nitrogens with one attached hydrogen (secondary N) is 1. The summed E-state index contributed by atoms with van der Waals surface area (Å²) in [6, 6.07) is 10.0. The Balaban J connectivity index is 1.82. The van der Waals surface area contributed by atoms with E-state index in [2.05, 4.69) is 10.2 Å². The number of carboxylic acids is 1. The van der Waals surface area contributed by atoms with Gasteiger partial charge in [0.2, 0.25) is 0 Å². The van der Waals surface area contributed by atoms with E-state index in [0.29, 0.717) is 12.5 Å². The Labute approximate surface area is 126 Å². The third kappa shape index (κ3) is 3.27. The number of carbonyl (C=O) groups is 1. The summed E-state index contributed by atoms with van der Waals surface area (Å²) >= 11 is 0. The summed E-state index contributed by atoms with van der Waals surface area (Å²) in [4.78, 5) is 14.5. The first-order chi connectivity index (χ1) is 10.2. The summed E-state index contributed by atoms with van der Waals surface area (Å²) in [5.41, 5.74) is -0.0611. The van der Waals surface area contributed by atoms with Crippen LogP contribution in [0.4, 0.5) is 0 Å². The molecule has 2 fully saturated rings. The van der Waals surface area contributed by atoms with E-state index in [1.165, 1.54) is 12.8 Å². The fourth-order valence-corrected chi connectivity index (χ4v) is 3.22. The molecule has 0 aromatic heterocycles. The van der Waals surface area contributed by atoms with E-state index in [1.54, 1.807) is 0 Å². The van der Waals surface area contributed by atoms with E-state index in [-0.39, 0.29) is 0 Å². The molecule has 4 heteroatoms. The van der Waals surface area contributed by atoms with Gasteiger partial charge in [0.05, 0.1) is 0 Å². The zero-order chi connectivity index (χ0) is 14.7. The minimum atomic E-state index is -0.939. The van der Waals surface area contributed by atoms with Crippen molar-refractivity contribution in [1.29, 1.82) is 0 Å². The standard InChI is InChI=1S/C17H24N2O2/c20-16(21)17(18-15-8-9-15,14-6-2-1-3-7-14)10-13-19-11-4-5-12-19/h1-3,6-7,15,18H,4-5,8-13H2,(H,20,21). The molecule has 4 nitrogen and oxygen atoms in total. The van der Waals surface area contributed by atoms with Crippen LogP contribution >= 0.6 is 0 Å². The van der Waals surface area contributed by atoms with E-state index in [0.717, 1.165) is 38.0 Å². The molecule has 0 spiro atoms. The van der Waals surface area contributed by atoms with Crippen LogP contribution < -0.4 is 5.32 Å². The lowest BCUT2D eigenvalue weighted by atomic mass is 9.86. The maximum atomic E-state index is 12.1. The fraction of sp³-hybridized carbons (Fsp3) is 0.588. The molecule has 0 radical (unpaired) electrons. The molecule has 1 aliphatic heterocycles. The Hall–Kier alpha value is -1.39. The predicted molar refractivity (Wildman–Crippen MR) is 82.2 cm³/mol. The monoisotopic (exact) mass is 288 g/mol. The smallest absolute Gasteiger partial charge is 0.328 e. The Morgan fingerprint density at radius 3 is 2.48 bits per heavy atom. The topological polar surface area (TPSA) is 52.6 Å². The van der Waals surface area contributed by atoms with Gasteiger partial charge in [-0.2, -0.15) is 0 Å². The van der Waals surface area contributed by atoms with Crippen molar-refractivity contribution in [2.45, 2.75) is 43.7 Å². The second-order valence-electron chi connectivity index (χ2n) is 6.29. The molecule has 1 saturated heterocycles. The first-order valence-electron chi connectivity index (χ1n) is 8.00. The maximum absolute atomic E-state index is 12.1. The Bertz CT molecular complexity index is 481. The van der Waals surface area contributed by atoms with Crippen molar-refractivity contribution < 1.29 is 9.90 Å². The summed E-state index contributed by atoms with van der Waals surface area (Å²) < 4.78 is 0. The number of nitrogens with zero attached hydrogens (tertiary/aromatic N) is 1. The lowest BCUT2D eigenvalue weighted by Gasteiger charge is -2.33. The lowest BCUT2D eigenvalue weighted by molar-refractivity contribution is -0.146. The van der Waals surface area contributed by atoms with Crippen molar-refractivity contribution in [1.82, 2.24) is 10.2 Å². The summed E-state index contributed by atoms with van der Waals surface area (Å²) in [6.45, 7) is 3.06. The predicted octanol–water partition coefficient (Wildman–Crippen LogP) is 2.20. The first kappa shape index (κ1) is 14.5. The van der Waals surface area contributed by atoms with Crippen LogP contribution in [0.25, 0.3) is 0 Å². The van der Waals surface area contributed by atoms with Crippen LogP contribution in [-0.2, 0) is 10.3 Å². The molecule has 1 aromatic rings. The number of carboxylic acid groups (broad SMARTS) is 1. The van der Waals surface area contributed by atoms with Gasteiger partial charge in [0.25, 0.3) is 0 Å². The molecule has 3 rings (SSSR count). The number of rotatable bonds is 7. The van der Waals surface area contributed by atoms with Crippen LogP contribution in [-0.4, -0.2) is 41.7 Å². The average molecular weight is 288 g/mol. The van der Waals surface area contributed by atoms with Crippen LogP contribution in [0.2, 0.25) is 0 Å². The van der Waals surface area contributed by atoms with E-state index in [9.17, 15) is 9.90 Å². The fourth-order valence-electron chi connectivity index (χ4n) is 3.22. The van der Waals surface area contributed by atoms with Gasteiger partial charge in [-0.25, -0.2) is 4.79 Å². The van der Waals surface area contributed by atoms with Crippen LogP contribution in [0.5, 0.6) is 0 Å². The van der Waals surface area contributed by atoms with Crippen molar-refractivity contribution in [3.8, 4) is 0 Å². The molecule has 2 N–H and O–H groups in total. The highest BCUT2D eigenvalue weighted by molar-refractivity contribution is 5.81. The third-order valence-electron chi connectivity index (χ3n) is 4.66. The normalized spacial score (nSPS) is 22.1. The maximum Gasteiger partial charge on any atom is 0.328 e. The van der Waals surface area contributed by atoms with Crippen molar-refractivity contribution in [2.75, 3.05) is 19.6 Å². The first-order valence-corrected chi connectivity index (χ1v) is 8.00. The average Bonchev–Trinajstić information content (AvgIpc) is 3.16. The summed E-state index contributed by atoms with van der Waals surface area (Å²) in [6.07, 6.45) is 5.28. The quantitative estimate of drug-likeness (QED) is 0.807. The number of hydrogen-bond acceptors (Lipinski definition) is 3. The van der Waals surface area contributed by atoms with Crippen molar-refractivity contribution in [3.63, 3.8) is 0 Å². The van der Waals surface area contributed by atoms with Crippen LogP contribution in [0.3, 0.4) is 0 Å². The van der Waals surface area contributed by atoms with Gasteiger partial charge in [0, 0.05) is 12.6 Å². The Morgan fingerprint density at radius 2 is 1.90 bits per heavy atom. The highest BCUT2D eigenvalue weighted by Gasteiger charge is 2.44. The van der Waals surface area contributed by atoms with Crippen LogP contribution in [0, 0.1) is 0 Å². The second-order valence-corrected chi connectivity index (χ2v) is 6.29. The van der Waals surface area contributed by atoms with Gasteiger partial charge in [0.1, 0.15) is 5.54 Å². The van der Waals surface area contributed by atoms with E-state index >= 15 is 0 Å². The molecular formula is C17H24N2O2. The lowest BCUT2D eigenvalue weighted by Crippen LogP contribution is -2.52. The van der Waals surface area contributed by atoms with E-state index < -0.39 is 11.5 Å². The van der Waals surface area contributed by atoms with Crippen molar-refractivity contribution in [3.05, 3.63) is 35.9 Å². The van der Waals surface area contributed by atoms with Gasteiger partial charge in [-0.05, 0) is 50.8 Å². The molecule has 2 aliphatic rings. The van der Waals surface area contributed by atoms with Crippen LogP contribution in [0.15, 0.2) is 30.3 Å². The Morgan fingerprint density at radius 1 is 1.24 bits per heavy atom. The largest absolute Gasteiger partial charge is 0.480 e. The molecule has 21 heavy (non-hydrogen) atoms. The number of likely N-dealkylation sites (tertiary alicyclic amines) is 1. The van der Waals surface area contributed by atoms with Gasteiger partial charge in [-0.1, -0.05) is 30.3 Å². The number of hydrogen-bond donors (Lipinski definition) is 2. The molecule has 1 aromatic carbocycles. The minimum absolute atomic E-state index is 0.361. The summed E-state index contributed by atoms with van der Waals surface area (Å²) in [5.74, 6) is -0.750. The number of benzene rings is 1. The van der Waals surface area contributed by atoms with Gasteiger partial charge >= 0.3 is 5.97 Å². The Kier molecular flexibility index (Phi) is 4.27. The molecule has 1 heterocycles. The molecule has 0 bridgehead atoms. The molecule has 1 aliphatic carbocycles. The van der Waals surface area contributed by atoms with E-state index in [1.807, 2.05) is 30.3 Å². The van der Waals surface area contributed by atoms with E-state index in [4.69, 9.17) is 0 Å². The highest BCUT2D eigenvalue weighted by Crippen LogP contribution is 2.32. The second kappa shape index (κ2) is 6.16. The molecule has 114 valence electrons.